The van der Waals surface area contributed by atoms with E-state index < -0.39 is 12.3 Å². The van der Waals surface area contributed by atoms with Gasteiger partial charge >= 0.3 is 0 Å². The van der Waals surface area contributed by atoms with Crippen LogP contribution in [0.2, 0.25) is 0 Å². The SMILES string of the molecule is CCC(=O)N1CC[C@H](Oc2ccc(-c3ccc4cccnc4c3C)cc2)[C@@H](F)C1. The van der Waals surface area contributed by atoms with Gasteiger partial charge < -0.3 is 9.64 Å². The molecule has 0 spiro atoms. The second kappa shape index (κ2) is 8.19. The Labute approximate surface area is 170 Å². The molecule has 0 radical (unpaired) electrons. The quantitative estimate of drug-likeness (QED) is 0.632. The van der Waals surface area contributed by atoms with Gasteiger partial charge in [0.05, 0.1) is 12.1 Å². The molecule has 1 fully saturated rings. The third kappa shape index (κ3) is 3.95. The molecule has 1 saturated heterocycles. The van der Waals surface area contributed by atoms with E-state index in [9.17, 15) is 9.18 Å². The van der Waals surface area contributed by atoms with Crippen LogP contribution in [0.25, 0.3) is 22.0 Å². The van der Waals surface area contributed by atoms with Gasteiger partial charge in [-0.25, -0.2) is 4.39 Å². The molecule has 3 aromatic rings. The summed E-state index contributed by atoms with van der Waals surface area (Å²) in [5, 5.41) is 1.12. The molecular weight excluding hydrogens is 367 g/mol. The van der Waals surface area contributed by atoms with Crippen molar-refractivity contribution < 1.29 is 13.9 Å². The van der Waals surface area contributed by atoms with Crippen LogP contribution < -0.4 is 4.74 Å². The molecule has 1 aromatic heterocycles. The van der Waals surface area contributed by atoms with Crippen LogP contribution >= 0.6 is 0 Å². The lowest BCUT2D eigenvalue weighted by Crippen LogP contribution is -2.49. The van der Waals surface area contributed by atoms with Gasteiger partial charge in [-0.15, -0.1) is 0 Å². The number of nitrogens with zero attached hydrogens (tertiary/aromatic N) is 2. The smallest absolute Gasteiger partial charge is 0.222 e. The van der Waals surface area contributed by atoms with Crippen molar-refractivity contribution in [3.8, 4) is 16.9 Å². The number of aryl methyl sites for hydroxylation is 1. The van der Waals surface area contributed by atoms with Gasteiger partial charge in [0, 0.05) is 31.0 Å². The molecule has 2 atom stereocenters. The zero-order chi connectivity index (χ0) is 20.4. The van der Waals surface area contributed by atoms with E-state index in [1.807, 2.05) is 36.5 Å². The summed E-state index contributed by atoms with van der Waals surface area (Å²) < 4.78 is 20.4. The topological polar surface area (TPSA) is 42.4 Å². The number of piperidine rings is 1. The zero-order valence-corrected chi connectivity index (χ0v) is 16.8. The highest BCUT2D eigenvalue weighted by Crippen LogP contribution is 2.30. The van der Waals surface area contributed by atoms with Gasteiger partial charge in [0.1, 0.15) is 11.9 Å². The van der Waals surface area contributed by atoms with Gasteiger partial charge in [0.15, 0.2) is 6.17 Å². The maximum Gasteiger partial charge on any atom is 0.222 e. The number of hydrogen-bond acceptors (Lipinski definition) is 3. The number of ether oxygens (including phenoxy) is 1. The van der Waals surface area contributed by atoms with Crippen LogP contribution in [0.15, 0.2) is 54.7 Å². The molecule has 1 aliphatic heterocycles. The Hall–Kier alpha value is -2.95. The zero-order valence-electron chi connectivity index (χ0n) is 16.8. The predicted molar refractivity (Wildman–Crippen MR) is 113 cm³/mol. The van der Waals surface area contributed by atoms with Crippen molar-refractivity contribution >= 4 is 16.8 Å². The van der Waals surface area contributed by atoms with Crippen molar-refractivity contribution in [1.82, 2.24) is 9.88 Å². The lowest BCUT2D eigenvalue weighted by molar-refractivity contribution is -0.134. The number of amides is 1. The minimum atomic E-state index is -1.17. The standard InChI is InChI=1S/C24H25FN2O2/c1-3-23(28)27-14-12-22(21(25)15-27)29-19-9-6-17(7-10-19)20-11-8-18-5-4-13-26-24(18)16(20)2/h4-11,13,21-22H,3,12,14-15H2,1-2H3/t21-,22-/m0/s1. The molecule has 0 bridgehead atoms. The summed E-state index contributed by atoms with van der Waals surface area (Å²) >= 11 is 0. The minimum absolute atomic E-state index is 0.00398. The molecule has 5 heteroatoms. The van der Waals surface area contributed by atoms with E-state index in [4.69, 9.17) is 4.74 Å². The summed E-state index contributed by atoms with van der Waals surface area (Å²) in [6, 6.07) is 15.9. The molecule has 0 saturated carbocycles. The maximum absolute atomic E-state index is 14.5. The molecule has 2 heterocycles. The van der Waals surface area contributed by atoms with E-state index in [-0.39, 0.29) is 12.5 Å². The van der Waals surface area contributed by atoms with Crippen LogP contribution in [0, 0.1) is 6.92 Å². The van der Waals surface area contributed by atoms with E-state index in [0.29, 0.717) is 25.1 Å². The second-order valence-corrected chi connectivity index (χ2v) is 7.49. The molecule has 0 N–H and O–H groups in total. The second-order valence-electron chi connectivity index (χ2n) is 7.49. The Bertz CT molecular complexity index is 1020. The summed E-state index contributed by atoms with van der Waals surface area (Å²) in [5.74, 6) is 0.643. The van der Waals surface area contributed by atoms with E-state index in [1.54, 1.807) is 11.8 Å². The Morgan fingerprint density at radius 3 is 2.72 bits per heavy atom. The molecule has 0 aliphatic carbocycles. The summed E-state index contributed by atoms with van der Waals surface area (Å²) in [6.07, 6.45) is 1.03. The van der Waals surface area contributed by atoms with Crippen molar-refractivity contribution in [2.45, 2.75) is 39.0 Å². The molecule has 1 aliphatic rings. The van der Waals surface area contributed by atoms with Crippen LogP contribution in [-0.2, 0) is 4.79 Å². The summed E-state index contributed by atoms with van der Waals surface area (Å²) in [4.78, 5) is 17.9. The van der Waals surface area contributed by atoms with Crippen molar-refractivity contribution in [2.24, 2.45) is 0 Å². The molecule has 4 rings (SSSR count). The van der Waals surface area contributed by atoms with Crippen LogP contribution in [0.3, 0.4) is 0 Å². The molecule has 4 nitrogen and oxygen atoms in total. The van der Waals surface area contributed by atoms with Crippen LogP contribution in [0.1, 0.15) is 25.3 Å². The number of hydrogen-bond donors (Lipinski definition) is 0. The fraction of sp³-hybridized carbons (Fsp3) is 0.333. The predicted octanol–water partition coefficient (Wildman–Crippen LogP) is 4.94. The molecule has 150 valence electrons. The summed E-state index contributed by atoms with van der Waals surface area (Å²) in [7, 11) is 0. The van der Waals surface area contributed by atoms with E-state index in [2.05, 4.69) is 30.1 Å². The number of fused-ring (bicyclic) bond motifs is 1. The molecule has 29 heavy (non-hydrogen) atoms. The molecule has 1 amide bonds. The molecular formula is C24H25FN2O2. The lowest BCUT2D eigenvalue weighted by atomic mass is 9.98. The van der Waals surface area contributed by atoms with Gasteiger partial charge in [0.25, 0.3) is 0 Å². The van der Waals surface area contributed by atoms with E-state index in [0.717, 1.165) is 27.6 Å². The van der Waals surface area contributed by atoms with E-state index >= 15 is 0 Å². The molecule has 0 unspecified atom stereocenters. The van der Waals surface area contributed by atoms with Crippen molar-refractivity contribution in [1.29, 1.82) is 0 Å². The van der Waals surface area contributed by atoms with E-state index in [1.165, 1.54) is 0 Å². The van der Waals surface area contributed by atoms with Crippen LogP contribution in [0.5, 0.6) is 5.75 Å². The minimum Gasteiger partial charge on any atom is -0.487 e. The normalized spacial score (nSPS) is 19.3. The maximum atomic E-state index is 14.5. The van der Waals surface area contributed by atoms with Gasteiger partial charge in [-0.1, -0.05) is 37.3 Å². The van der Waals surface area contributed by atoms with Crippen molar-refractivity contribution in [3.05, 3.63) is 60.3 Å². The Balaban J connectivity index is 1.48. The summed E-state index contributed by atoms with van der Waals surface area (Å²) in [5.41, 5.74) is 4.33. The fourth-order valence-electron chi connectivity index (χ4n) is 3.96. The number of benzene rings is 2. The number of alkyl halides is 1. The van der Waals surface area contributed by atoms with Crippen LogP contribution in [0.4, 0.5) is 4.39 Å². The third-order valence-electron chi connectivity index (χ3n) is 5.62. The number of halogens is 1. The Morgan fingerprint density at radius 2 is 2.00 bits per heavy atom. The van der Waals surface area contributed by atoms with Crippen molar-refractivity contribution in [2.75, 3.05) is 13.1 Å². The summed E-state index contributed by atoms with van der Waals surface area (Å²) in [6.45, 7) is 4.53. The van der Waals surface area contributed by atoms with Crippen LogP contribution in [-0.4, -0.2) is 41.2 Å². The average Bonchev–Trinajstić information content (AvgIpc) is 2.76. The van der Waals surface area contributed by atoms with Gasteiger partial charge in [0.2, 0.25) is 5.91 Å². The van der Waals surface area contributed by atoms with Crippen molar-refractivity contribution in [3.63, 3.8) is 0 Å². The number of likely N-dealkylation sites (tertiary alicyclic amines) is 1. The van der Waals surface area contributed by atoms with Gasteiger partial charge in [-0.05, 0) is 41.8 Å². The monoisotopic (exact) mass is 392 g/mol. The molecule has 2 aromatic carbocycles. The van der Waals surface area contributed by atoms with Gasteiger partial charge in [-0.2, -0.15) is 0 Å². The first-order chi connectivity index (χ1) is 14.1. The van der Waals surface area contributed by atoms with Gasteiger partial charge in [-0.3, -0.25) is 9.78 Å². The number of rotatable bonds is 4. The highest BCUT2D eigenvalue weighted by Gasteiger charge is 2.32. The highest BCUT2D eigenvalue weighted by atomic mass is 19.1. The lowest BCUT2D eigenvalue weighted by Gasteiger charge is -2.34. The first-order valence-corrected chi connectivity index (χ1v) is 10.1. The number of carbonyl (C=O) groups is 1. The largest absolute Gasteiger partial charge is 0.487 e. The number of carbonyl (C=O) groups excluding carboxylic acids is 1. The number of aromatic nitrogens is 1. The Kier molecular flexibility index (Phi) is 5.47. The fourth-order valence-corrected chi connectivity index (χ4v) is 3.96. The highest BCUT2D eigenvalue weighted by molar-refractivity contribution is 5.88. The first kappa shape index (κ1) is 19.4. The first-order valence-electron chi connectivity index (χ1n) is 10.1. The Morgan fingerprint density at radius 1 is 1.21 bits per heavy atom. The average molecular weight is 392 g/mol. The third-order valence-corrected chi connectivity index (χ3v) is 5.62. The number of pyridine rings is 1.